The fourth-order valence-electron chi connectivity index (χ4n) is 2.55. The molecule has 1 amide bonds. The van der Waals surface area contributed by atoms with Crippen LogP contribution in [0.1, 0.15) is 42.2 Å². The monoisotopic (exact) mass is 292 g/mol. The van der Waals surface area contributed by atoms with Gasteiger partial charge in [0, 0.05) is 12.2 Å². The number of rotatable bonds is 3. The lowest BCUT2D eigenvalue weighted by molar-refractivity contribution is -0.149. The summed E-state index contributed by atoms with van der Waals surface area (Å²) in [4.78, 5) is 40.5. The van der Waals surface area contributed by atoms with Crippen LogP contribution in [0.15, 0.2) is 16.9 Å². The Bertz CT molecular complexity index is 594. The Balaban J connectivity index is 2.26. The van der Waals surface area contributed by atoms with Gasteiger partial charge in [-0.3, -0.25) is 9.59 Å². The molecule has 1 aliphatic rings. The third-order valence-electron chi connectivity index (χ3n) is 3.61. The van der Waals surface area contributed by atoms with E-state index in [0.717, 1.165) is 12.8 Å². The molecule has 114 valence electrons. The zero-order chi connectivity index (χ0) is 15.4. The highest BCUT2D eigenvalue weighted by Gasteiger charge is 2.34. The number of hydrogen-bond acceptors (Lipinski definition) is 4. The number of hydrogen-bond donors (Lipinski definition) is 1. The SMILES string of the molecule is CCOC(=O)C1CCCCN1C(=O)c1ccc(C)[nH]c1=O. The molecule has 6 heteroatoms. The normalized spacial score (nSPS) is 18.4. The number of aromatic amines is 1. The van der Waals surface area contributed by atoms with Crippen LogP contribution in [0.3, 0.4) is 0 Å². The second-order valence-electron chi connectivity index (χ2n) is 5.15. The molecule has 2 rings (SSSR count). The van der Waals surface area contributed by atoms with Gasteiger partial charge in [0.15, 0.2) is 0 Å². The maximum absolute atomic E-state index is 12.5. The third-order valence-corrected chi connectivity index (χ3v) is 3.61. The lowest BCUT2D eigenvalue weighted by Gasteiger charge is -2.33. The minimum Gasteiger partial charge on any atom is -0.464 e. The largest absolute Gasteiger partial charge is 0.464 e. The molecule has 0 aliphatic carbocycles. The van der Waals surface area contributed by atoms with Crippen molar-refractivity contribution in [1.82, 2.24) is 9.88 Å². The highest BCUT2D eigenvalue weighted by Crippen LogP contribution is 2.20. The van der Waals surface area contributed by atoms with Gasteiger partial charge in [0.25, 0.3) is 11.5 Å². The predicted molar refractivity (Wildman–Crippen MR) is 77.1 cm³/mol. The number of nitrogens with zero attached hydrogens (tertiary/aromatic N) is 1. The molecule has 2 heterocycles. The molecular formula is C15H20N2O4. The Kier molecular flexibility index (Phi) is 4.77. The molecule has 1 fully saturated rings. The van der Waals surface area contributed by atoms with E-state index < -0.39 is 23.5 Å². The van der Waals surface area contributed by atoms with Crippen molar-refractivity contribution in [3.8, 4) is 0 Å². The van der Waals surface area contributed by atoms with Crippen LogP contribution in [0.25, 0.3) is 0 Å². The molecule has 1 atom stereocenters. The second-order valence-corrected chi connectivity index (χ2v) is 5.15. The van der Waals surface area contributed by atoms with E-state index in [-0.39, 0.29) is 12.2 Å². The number of esters is 1. The van der Waals surface area contributed by atoms with Crippen LogP contribution in [0.5, 0.6) is 0 Å². The number of piperidine rings is 1. The summed E-state index contributed by atoms with van der Waals surface area (Å²) in [5.74, 6) is -0.803. The first-order chi connectivity index (χ1) is 10.0. The molecule has 0 spiro atoms. The van der Waals surface area contributed by atoms with Crippen molar-refractivity contribution in [2.75, 3.05) is 13.2 Å². The van der Waals surface area contributed by atoms with Gasteiger partial charge in [0.1, 0.15) is 11.6 Å². The average Bonchev–Trinajstić information content (AvgIpc) is 2.47. The van der Waals surface area contributed by atoms with Crippen molar-refractivity contribution in [2.24, 2.45) is 0 Å². The van der Waals surface area contributed by atoms with Crippen molar-refractivity contribution in [3.05, 3.63) is 33.7 Å². The second kappa shape index (κ2) is 6.56. The van der Waals surface area contributed by atoms with E-state index in [4.69, 9.17) is 4.74 Å². The van der Waals surface area contributed by atoms with Gasteiger partial charge >= 0.3 is 5.97 Å². The molecule has 1 aromatic rings. The van der Waals surface area contributed by atoms with Gasteiger partial charge in [-0.05, 0) is 45.2 Å². The van der Waals surface area contributed by atoms with Crippen molar-refractivity contribution < 1.29 is 14.3 Å². The fraction of sp³-hybridized carbons (Fsp3) is 0.533. The zero-order valence-electron chi connectivity index (χ0n) is 12.3. The van der Waals surface area contributed by atoms with E-state index in [1.54, 1.807) is 19.9 Å². The van der Waals surface area contributed by atoms with E-state index in [9.17, 15) is 14.4 Å². The Hall–Kier alpha value is -2.11. The van der Waals surface area contributed by atoms with Crippen LogP contribution in [0, 0.1) is 6.92 Å². The number of amides is 1. The number of ether oxygens (including phenoxy) is 1. The van der Waals surface area contributed by atoms with Gasteiger partial charge in [-0.1, -0.05) is 0 Å². The van der Waals surface area contributed by atoms with E-state index in [0.29, 0.717) is 18.7 Å². The third kappa shape index (κ3) is 3.32. The van der Waals surface area contributed by atoms with Crippen LogP contribution in [0.2, 0.25) is 0 Å². The topological polar surface area (TPSA) is 79.5 Å². The molecular weight excluding hydrogens is 272 g/mol. The first kappa shape index (κ1) is 15.3. The van der Waals surface area contributed by atoms with Crippen molar-refractivity contribution in [3.63, 3.8) is 0 Å². The van der Waals surface area contributed by atoms with E-state index in [2.05, 4.69) is 4.98 Å². The van der Waals surface area contributed by atoms with Crippen LogP contribution in [0.4, 0.5) is 0 Å². The summed E-state index contributed by atoms with van der Waals surface area (Å²) in [6.45, 7) is 4.23. The summed E-state index contributed by atoms with van der Waals surface area (Å²) in [6, 6.07) is 2.59. The molecule has 1 N–H and O–H groups in total. The Morgan fingerprint density at radius 1 is 1.38 bits per heavy atom. The highest BCUT2D eigenvalue weighted by molar-refractivity contribution is 5.96. The van der Waals surface area contributed by atoms with Gasteiger partial charge < -0.3 is 14.6 Å². The predicted octanol–water partition coefficient (Wildman–Crippen LogP) is 1.24. The number of H-pyrrole nitrogens is 1. The quantitative estimate of drug-likeness (QED) is 0.850. The van der Waals surface area contributed by atoms with Crippen LogP contribution >= 0.6 is 0 Å². The first-order valence-corrected chi connectivity index (χ1v) is 7.22. The summed E-state index contributed by atoms with van der Waals surface area (Å²) in [6.07, 6.45) is 2.28. The summed E-state index contributed by atoms with van der Waals surface area (Å²) in [5.41, 5.74) is 0.335. The Morgan fingerprint density at radius 3 is 2.81 bits per heavy atom. The van der Waals surface area contributed by atoms with Gasteiger partial charge in [0.2, 0.25) is 0 Å². The van der Waals surface area contributed by atoms with Gasteiger partial charge in [-0.15, -0.1) is 0 Å². The summed E-state index contributed by atoms with van der Waals surface area (Å²) >= 11 is 0. The summed E-state index contributed by atoms with van der Waals surface area (Å²) < 4.78 is 5.03. The number of likely N-dealkylation sites (tertiary alicyclic amines) is 1. The fourth-order valence-corrected chi connectivity index (χ4v) is 2.55. The zero-order valence-corrected chi connectivity index (χ0v) is 12.3. The number of carbonyl (C=O) groups is 2. The molecule has 1 saturated heterocycles. The molecule has 0 bridgehead atoms. The van der Waals surface area contributed by atoms with Crippen molar-refractivity contribution in [1.29, 1.82) is 0 Å². The summed E-state index contributed by atoms with van der Waals surface area (Å²) in [7, 11) is 0. The minimum atomic E-state index is -0.591. The number of carbonyl (C=O) groups excluding carboxylic acids is 2. The molecule has 0 aromatic carbocycles. The standard InChI is InChI=1S/C15H20N2O4/c1-3-21-15(20)12-6-4-5-9-17(12)14(19)11-8-7-10(2)16-13(11)18/h7-8,12H,3-6,9H2,1-2H3,(H,16,18). The summed E-state index contributed by atoms with van der Waals surface area (Å²) in [5, 5.41) is 0. The van der Waals surface area contributed by atoms with Crippen LogP contribution in [-0.4, -0.2) is 41.0 Å². The number of aryl methyl sites for hydroxylation is 1. The number of aromatic nitrogens is 1. The lowest BCUT2D eigenvalue weighted by atomic mass is 10.0. The van der Waals surface area contributed by atoms with Crippen LogP contribution in [-0.2, 0) is 9.53 Å². The van der Waals surface area contributed by atoms with Gasteiger partial charge in [-0.25, -0.2) is 4.79 Å². The molecule has 1 aromatic heterocycles. The smallest absolute Gasteiger partial charge is 0.328 e. The van der Waals surface area contributed by atoms with Gasteiger partial charge in [0.05, 0.1) is 6.61 Å². The minimum absolute atomic E-state index is 0.0665. The molecule has 1 unspecified atom stereocenters. The lowest BCUT2D eigenvalue weighted by Crippen LogP contribution is -2.49. The van der Waals surface area contributed by atoms with E-state index >= 15 is 0 Å². The molecule has 21 heavy (non-hydrogen) atoms. The van der Waals surface area contributed by atoms with E-state index in [1.807, 2.05) is 0 Å². The molecule has 1 aliphatic heterocycles. The number of nitrogens with one attached hydrogen (secondary N) is 1. The van der Waals surface area contributed by atoms with E-state index in [1.165, 1.54) is 11.0 Å². The Labute approximate surface area is 123 Å². The maximum Gasteiger partial charge on any atom is 0.328 e. The molecule has 0 radical (unpaired) electrons. The Morgan fingerprint density at radius 2 is 2.14 bits per heavy atom. The molecule has 6 nitrogen and oxygen atoms in total. The van der Waals surface area contributed by atoms with Crippen molar-refractivity contribution >= 4 is 11.9 Å². The number of pyridine rings is 1. The van der Waals surface area contributed by atoms with Crippen molar-refractivity contribution in [2.45, 2.75) is 39.2 Å². The average molecular weight is 292 g/mol. The first-order valence-electron chi connectivity index (χ1n) is 7.22. The van der Waals surface area contributed by atoms with Gasteiger partial charge in [-0.2, -0.15) is 0 Å². The van der Waals surface area contributed by atoms with Crippen LogP contribution < -0.4 is 5.56 Å². The highest BCUT2D eigenvalue weighted by atomic mass is 16.5. The molecule has 0 saturated carbocycles. The maximum atomic E-state index is 12.5.